The first-order chi connectivity index (χ1) is 6.56. The zero-order valence-electron chi connectivity index (χ0n) is 7.99. The molecule has 1 aromatic heterocycles. The molecule has 0 aliphatic heterocycles. The van der Waals surface area contributed by atoms with Crippen LogP contribution in [0.3, 0.4) is 0 Å². The summed E-state index contributed by atoms with van der Waals surface area (Å²) in [5.41, 5.74) is 1.14. The molecule has 1 rings (SSSR count). The molecular weight excluding hydrogens is 248 g/mol. The molecule has 76 valence electrons. The summed E-state index contributed by atoms with van der Waals surface area (Å²) in [4.78, 5) is 10.8. The van der Waals surface area contributed by atoms with Crippen LogP contribution in [0.5, 0.6) is 0 Å². The van der Waals surface area contributed by atoms with E-state index in [1.807, 2.05) is 6.92 Å². The van der Waals surface area contributed by atoms with E-state index in [1.165, 1.54) is 0 Å². The lowest BCUT2D eigenvalue weighted by Gasteiger charge is -1.99. The van der Waals surface area contributed by atoms with Crippen molar-refractivity contribution in [1.29, 1.82) is 0 Å². The van der Waals surface area contributed by atoms with E-state index >= 15 is 0 Å². The molecule has 0 fully saturated rings. The standard InChI is InChI=1S/C9H11BrN2O2/c1-3-6(9(13)14)4-8-7(10)5-11-12(8)2/h4-5H,3H2,1-2H3,(H,13,14)/b6-4+. The predicted molar refractivity (Wildman–Crippen MR) is 56.8 cm³/mol. The molecule has 4 nitrogen and oxygen atoms in total. The van der Waals surface area contributed by atoms with Gasteiger partial charge in [0.05, 0.1) is 16.4 Å². The molecule has 0 aliphatic rings. The average molecular weight is 259 g/mol. The molecule has 0 amide bonds. The van der Waals surface area contributed by atoms with Crippen molar-refractivity contribution in [2.45, 2.75) is 13.3 Å². The Labute approximate surface area is 90.4 Å². The van der Waals surface area contributed by atoms with Crippen LogP contribution >= 0.6 is 15.9 Å². The fourth-order valence-electron chi connectivity index (χ4n) is 1.06. The Kier molecular flexibility index (Phi) is 3.46. The summed E-state index contributed by atoms with van der Waals surface area (Å²) in [5, 5.41) is 12.8. The number of aryl methyl sites for hydroxylation is 1. The Morgan fingerprint density at radius 1 is 1.79 bits per heavy atom. The van der Waals surface area contributed by atoms with Gasteiger partial charge in [0.2, 0.25) is 0 Å². The lowest BCUT2D eigenvalue weighted by atomic mass is 10.2. The number of aliphatic carboxylic acids is 1. The number of rotatable bonds is 3. The summed E-state index contributed by atoms with van der Waals surface area (Å²) in [7, 11) is 1.77. The number of hydrogen-bond donors (Lipinski definition) is 1. The number of carbonyl (C=O) groups is 1. The van der Waals surface area contributed by atoms with Gasteiger partial charge in [-0.15, -0.1) is 0 Å². The van der Waals surface area contributed by atoms with Crippen molar-refractivity contribution in [2.24, 2.45) is 7.05 Å². The van der Waals surface area contributed by atoms with Crippen LogP contribution in [0.25, 0.3) is 6.08 Å². The van der Waals surface area contributed by atoms with Crippen molar-refractivity contribution >= 4 is 28.0 Å². The maximum Gasteiger partial charge on any atom is 0.331 e. The van der Waals surface area contributed by atoms with Crippen LogP contribution < -0.4 is 0 Å². The number of carboxylic acid groups (broad SMARTS) is 1. The molecule has 5 heteroatoms. The van der Waals surface area contributed by atoms with Gasteiger partial charge in [-0.2, -0.15) is 5.10 Å². The first-order valence-corrected chi connectivity index (χ1v) is 4.97. The van der Waals surface area contributed by atoms with Crippen molar-refractivity contribution in [3.8, 4) is 0 Å². The van der Waals surface area contributed by atoms with Crippen LogP contribution in [0, 0.1) is 0 Å². The third-order valence-electron chi connectivity index (χ3n) is 1.90. The lowest BCUT2D eigenvalue weighted by molar-refractivity contribution is -0.132. The first-order valence-electron chi connectivity index (χ1n) is 4.17. The molecule has 0 saturated heterocycles. The van der Waals surface area contributed by atoms with E-state index in [1.54, 1.807) is 24.0 Å². The Hall–Kier alpha value is -1.10. The van der Waals surface area contributed by atoms with Crippen LogP contribution in [-0.4, -0.2) is 20.9 Å². The SMILES string of the molecule is CC/C(=C\c1c(Br)cnn1C)C(=O)O. The van der Waals surface area contributed by atoms with E-state index in [0.29, 0.717) is 12.0 Å². The maximum absolute atomic E-state index is 10.8. The van der Waals surface area contributed by atoms with Gasteiger partial charge in [-0.3, -0.25) is 4.68 Å². The van der Waals surface area contributed by atoms with Crippen molar-refractivity contribution in [1.82, 2.24) is 9.78 Å². The highest BCUT2D eigenvalue weighted by molar-refractivity contribution is 9.10. The quantitative estimate of drug-likeness (QED) is 0.845. The summed E-state index contributed by atoms with van der Waals surface area (Å²) in [6.45, 7) is 1.81. The molecular formula is C9H11BrN2O2. The number of halogens is 1. The van der Waals surface area contributed by atoms with Crippen molar-refractivity contribution in [3.05, 3.63) is 21.9 Å². The topological polar surface area (TPSA) is 55.1 Å². The third kappa shape index (κ3) is 2.23. The van der Waals surface area contributed by atoms with Gasteiger partial charge in [-0.1, -0.05) is 6.92 Å². The molecule has 0 radical (unpaired) electrons. The fraction of sp³-hybridized carbons (Fsp3) is 0.333. The normalized spacial score (nSPS) is 11.8. The summed E-state index contributed by atoms with van der Waals surface area (Å²) in [5.74, 6) is -0.888. The third-order valence-corrected chi connectivity index (χ3v) is 2.52. The Morgan fingerprint density at radius 2 is 2.43 bits per heavy atom. The number of aromatic nitrogens is 2. The van der Waals surface area contributed by atoms with Gasteiger partial charge in [0.1, 0.15) is 0 Å². The van der Waals surface area contributed by atoms with Crippen molar-refractivity contribution < 1.29 is 9.90 Å². The molecule has 0 aromatic carbocycles. The van der Waals surface area contributed by atoms with Crippen LogP contribution in [0.15, 0.2) is 16.2 Å². The predicted octanol–water partition coefficient (Wildman–Crippen LogP) is 2.06. The zero-order valence-corrected chi connectivity index (χ0v) is 9.58. The van der Waals surface area contributed by atoms with Crippen molar-refractivity contribution in [2.75, 3.05) is 0 Å². The van der Waals surface area contributed by atoms with Gasteiger partial charge < -0.3 is 5.11 Å². The maximum atomic E-state index is 10.8. The average Bonchev–Trinajstić information content (AvgIpc) is 2.43. The van der Waals surface area contributed by atoms with Crippen LogP contribution in [0.4, 0.5) is 0 Å². The second-order valence-electron chi connectivity index (χ2n) is 2.83. The molecule has 0 spiro atoms. The van der Waals surface area contributed by atoms with E-state index in [9.17, 15) is 4.79 Å². The number of nitrogens with zero attached hydrogens (tertiary/aromatic N) is 2. The second kappa shape index (κ2) is 4.41. The monoisotopic (exact) mass is 258 g/mol. The minimum absolute atomic E-state index is 0.370. The minimum Gasteiger partial charge on any atom is -0.478 e. The van der Waals surface area contributed by atoms with Gasteiger partial charge in [-0.25, -0.2) is 4.79 Å². The van der Waals surface area contributed by atoms with Crippen molar-refractivity contribution in [3.63, 3.8) is 0 Å². The minimum atomic E-state index is -0.888. The van der Waals surface area contributed by atoms with Crippen LogP contribution in [0.2, 0.25) is 0 Å². The van der Waals surface area contributed by atoms with Gasteiger partial charge in [0.15, 0.2) is 0 Å². The van der Waals surface area contributed by atoms with Gasteiger partial charge >= 0.3 is 5.97 Å². The molecule has 0 aliphatic carbocycles. The number of hydrogen-bond acceptors (Lipinski definition) is 2. The molecule has 0 atom stereocenters. The van der Waals surface area contributed by atoms with E-state index in [0.717, 1.165) is 10.2 Å². The summed E-state index contributed by atoms with van der Waals surface area (Å²) in [6.07, 6.45) is 3.76. The number of carboxylic acids is 1. The van der Waals surface area contributed by atoms with Crippen LogP contribution in [0.1, 0.15) is 19.0 Å². The molecule has 14 heavy (non-hydrogen) atoms. The Bertz CT molecular complexity index is 363. The Balaban J connectivity index is 3.12. The molecule has 0 bridgehead atoms. The van der Waals surface area contributed by atoms with E-state index < -0.39 is 5.97 Å². The van der Waals surface area contributed by atoms with Crippen LogP contribution in [-0.2, 0) is 11.8 Å². The largest absolute Gasteiger partial charge is 0.478 e. The molecule has 1 aromatic rings. The van der Waals surface area contributed by atoms with E-state index in [4.69, 9.17) is 5.11 Å². The lowest BCUT2D eigenvalue weighted by Crippen LogP contribution is -2.01. The highest BCUT2D eigenvalue weighted by Crippen LogP contribution is 2.19. The van der Waals surface area contributed by atoms with Gasteiger partial charge in [0, 0.05) is 12.6 Å². The van der Waals surface area contributed by atoms with E-state index in [-0.39, 0.29) is 0 Å². The fourth-order valence-corrected chi connectivity index (χ4v) is 1.53. The highest BCUT2D eigenvalue weighted by Gasteiger charge is 2.08. The van der Waals surface area contributed by atoms with Gasteiger partial charge in [-0.05, 0) is 28.4 Å². The smallest absolute Gasteiger partial charge is 0.331 e. The summed E-state index contributed by atoms with van der Waals surface area (Å²) >= 11 is 3.30. The molecule has 1 N–H and O–H groups in total. The summed E-state index contributed by atoms with van der Waals surface area (Å²) in [6, 6.07) is 0. The molecule has 1 heterocycles. The highest BCUT2D eigenvalue weighted by atomic mass is 79.9. The Morgan fingerprint density at radius 3 is 2.79 bits per heavy atom. The zero-order chi connectivity index (χ0) is 10.7. The van der Waals surface area contributed by atoms with Gasteiger partial charge in [0.25, 0.3) is 0 Å². The molecule has 0 saturated carbocycles. The first kappa shape index (κ1) is 11.0. The second-order valence-corrected chi connectivity index (χ2v) is 3.68. The molecule has 0 unspecified atom stereocenters. The summed E-state index contributed by atoms with van der Waals surface area (Å²) < 4.78 is 2.43. The van der Waals surface area contributed by atoms with E-state index in [2.05, 4.69) is 21.0 Å².